The van der Waals surface area contributed by atoms with Crippen molar-refractivity contribution in [1.29, 1.82) is 0 Å². The Kier molecular flexibility index (Phi) is 5.57. The van der Waals surface area contributed by atoms with Gasteiger partial charge in [0, 0.05) is 30.4 Å². The van der Waals surface area contributed by atoms with E-state index in [1.54, 1.807) is 23.5 Å². The number of hydrogen-bond donors (Lipinski definition) is 0. The Bertz CT molecular complexity index is 1020. The van der Waals surface area contributed by atoms with Crippen LogP contribution in [0.1, 0.15) is 47.4 Å². The molecule has 1 saturated heterocycles. The summed E-state index contributed by atoms with van der Waals surface area (Å²) >= 11 is 1.77. The zero-order valence-corrected chi connectivity index (χ0v) is 18.9. The highest BCUT2D eigenvalue weighted by atomic mass is 32.2. The van der Waals surface area contributed by atoms with E-state index in [-0.39, 0.29) is 17.9 Å². The van der Waals surface area contributed by atoms with Crippen LogP contribution in [0, 0.1) is 19.8 Å². The summed E-state index contributed by atoms with van der Waals surface area (Å²) < 4.78 is 27.6. The molecule has 1 amide bonds. The second-order valence-corrected chi connectivity index (χ2v) is 11.1. The summed E-state index contributed by atoms with van der Waals surface area (Å²) in [5.74, 6) is 0.0846. The predicted octanol–water partition coefficient (Wildman–Crippen LogP) is 3.91. The minimum absolute atomic E-state index is 0.0937. The first-order valence-electron chi connectivity index (χ1n) is 10.2. The van der Waals surface area contributed by atoms with E-state index in [1.165, 1.54) is 14.7 Å². The maximum atomic E-state index is 13.2. The van der Waals surface area contributed by atoms with Crippen LogP contribution in [0.5, 0.6) is 0 Å². The van der Waals surface area contributed by atoms with E-state index in [4.69, 9.17) is 0 Å². The summed E-state index contributed by atoms with van der Waals surface area (Å²) in [5, 5.41) is 2.10. The van der Waals surface area contributed by atoms with Gasteiger partial charge in [-0.1, -0.05) is 6.07 Å². The topological polar surface area (TPSA) is 57.7 Å². The summed E-state index contributed by atoms with van der Waals surface area (Å²) in [7, 11) is -3.51. The number of rotatable bonds is 3. The lowest BCUT2D eigenvalue weighted by molar-refractivity contribution is -0.139. The predicted molar refractivity (Wildman–Crippen MR) is 116 cm³/mol. The van der Waals surface area contributed by atoms with Crippen LogP contribution in [-0.2, 0) is 21.2 Å². The van der Waals surface area contributed by atoms with E-state index >= 15 is 0 Å². The Hall–Kier alpha value is -1.70. The fourth-order valence-corrected chi connectivity index (χ4v) is 6.93. The van der Waals surface area contributed by atoms with Crippen molar-refractivity contribution in [2.45, 2.75) is 51.0 Å². The zero-order valence-electron chi connectivity index (χ0n) is 17.2. The molecule has 0 radical (unpaired) electrons. The molecule has 1 aromatic carbocycles. The number of aryl methyl sites for hydroxylation is 2. The molecule has 1 atom stereocenters. The normalized spacial score (nSPS) is 21.2. The second kappa shape index (κ2) is 7.85. The largest absolute Gasteiger partial charge is 0.335 e. The van der Waals surface area contributed by atoms with Crippen LogP contribution >= 0.6 is 11.3 Å². The number of nitrogens with zero attached hydrogens (tertiary/aromatic N) is 2. The van der Waals surface area contributed by atoms with E-state index in [9.17, 15) is 13.2 Å². The van der Waals surface area contributed by atoms with Gasteiger partial charge in [-0.25, -0.2) is 8.42 Å². The number of carbonyl (C=O) groups is 1. The number of hydrogen-bond acceptors (Lipinski definition) is 4. The smallest absolute Gasteiger partial charge is 0.243 e. The van der Waals surface area contributed by atoms with Crippen molar-refractivity contribution in [3.63, 3.8) is 0 Å². The first kappa shape index (κ1) is 20.6. The summed E-state index contributed by atoms with van der Waals surface area (Å²) in [6.07, 6.45) is 2.09. The first-order chi connectivity index (χ1) is 13.8. The number of piperidine rings is 1. The van der Waals surface area contributed by atoms with Gasteiger partial charge in [-0.2, -0.15) is 4.31 Å². The lowest BCUT2D eigenvalue weighted by Gasteiger charge is -2.38. The molecule has 2 aliphatic heterocycles. The monoisotopic (exact) mass is 432 g/mol. The maximum Gasteiger partial charge on any atom is 0.243 e. The highest BCUT2D eigenvalue weighted by Crippen LogP contribution is 2.35. The van der Waals surface area contributed by atoms with Gasteiger partial charge in [-0.3, -0.25) is 4.79 Å². The summed E-state index contributed by atoms with van der Waals surface area (Å²) in [5.41, 5.74) is 3.32. The minimum atomic E-state index is -3.51. The van der Waals surface area contributed by atoms with Crippen LogP contribution in [0.15, 0.2) is 34.5 Å². The zero-order chi connectivity index (χ0) is 20.8. The average Bonchev–Trinajstić information content (AvgIpc) is 3.20. The number of carbonyl (C=O) groups excluding carboxylic acids is 1. The van der Waals surface area contributed by atoms with Gasteiger partial charge in [0.1, 0.15) is 0 Å². The van der Waals surface area contributed by atoms with Crippen molar-refractivity contribution in [1.82, 2.24) is 9.21 Å². The van der Waals surface area contributed by atoms with Crippen LogP contribution in [-0.4, -0.2) is 43.2 Å². The van der Waals surface area contributed by atoms with Gasteiger partial charge in [-0.05, 0) is 80.3 Å². The van der Waals surface area contributed by atoms with Crippen LogP contribution in [0.3, 0.4) is 0 Å². The molecule has 0 unspecified atom stereocenters. The minimum Gasteiger partial charge on any atom is -0.335 e. The maximum absolute atomic E-state index is 13.2. The summed E-state index contributed by atoms with van der Waals surface area (Å²) in [6.45, 7) is 7.56. The molecular formula is C22H28N2O3S2. The van der Waals surface area contributed by atoms with Gasteiger partial charge in [0.25, 0.3) is 0 Å². The van der Waals surface area contributed by atoms with Gasteiger partial charge >= 0.3 is 0 Å². The van der Waals surface area contributed by atoms with Crippen molar-refractivity contribution in [2.75, 3.05) is 19.6 Å². The molecule has 7 heteroatoms. The molecule has 0 saturated carbocycles. The highest BCUT2D eigenvalue weighted by molar-refractivity contribution is 7.89. The summed E-state index contributed by atoms with van der Waals surface area (Å²) in [4.78, 5) is 16.9. The molecule has 0 aliphatic carbocycles. The standard InChI is InChI=1S/C22H28N2O3S2/c1-15-4-5-19(14-16(15)2)29(26,27)23-10-6-18(7-11-23)22(25)24-12-8-21-20(17(24)3)9-13-28-21/h4-5,9,13-14,17-18H,6-8,10-12H2,1-3H3/t17-/m0/s1. The molecule has 2 aliphatic rings. The highest BCUT2D eigenvalue weighted by Gasteiger charge is 2.36. The van der Waals surface area contributed by atoms with Gasteiger partial charge < -0.3 is 4.90 Å². The molecule has 4 rings (SSSR count). The Balaban J connectivity index is 1.43. The number of fused-ring (bicyclic) bond motifs is 1. The van der Waals surface area contributed by atoms with Crippen LogP contribution < -0.4 is 0 Å². The molecule has 2 aromatic rings. The van der Waals surface area contributed by atoms with E-state index in [2.05, 4.69) is 18.4 Å². The van der Waals surface area contributed by atoms with E-state index < -0.39 is 10.0 Å². The molecule has 1 fully saturated rings. The molecule has 0 bridgehead atoms. The second-order valence-electron chi connectivity index (χ2n) is 8.18. The first-order valence-corrected chi connectivity index (χ1v) is 12.5. The van der Waals surface area contributed by atoms with Gasteiger partial charge in [0.05, 0.1) is 10.9 Å². The Labute approximate surface area is 177 Å². The summed E-state index contributed by atoms with van der Waals surface area (Å²) in [6, 6.07) is 7.52. The number of sulfonamides is 1. The molecule has 0 N–H and O–H groups in total. The lowest BCUT2D eigenvalue weighted by Crippen LogP contribution is -2.46. The molecule has 1 aromatic heterocycles. The average molecular weight is 433 g/mol. The fraction of sp³-hybridized carbons (Fsp3) is 0.500. The quantitative estimate of drug-likeness (QED) is 0.739. The third-order valence-corrected chi connectivity index (χ3v) is 9.37. The number of amides is 1. The number of thiophene rings is 1. The third-order valence-electron chi connectivity index (χ3n) is 6.48. The molecule has 29 heavy (non-hydrogen) atoms. The van der Waals surface area contributed by atoms with Gasteiger partial charge in [0.15, 0.2) is 0 Å². The third kappa shape index (κ3) is 3.76. The van der Waals surface area contributed by atoms with E-state index in [1.807, 2.05) is 24.8 Å². The van der Waals surface area contributed by atoms with E-state index in [0.717, 1.165) is 24.1 Å². The molecule has 156 valence electrons. The van der Waals surface area contributed by atoms with Crippen LogP contribution in [0.4, 0.5) is 0 Å². The van der Waals surface area contributed by atoms with E-state index in [0.29, 0.717) is 30.8 Å². The Morgan fingerprint density at radius 1 is 1.07 bits per heavy atom. The molecule has 3 heterocycles. The van der Waals surface area contributed by atoms with Crippen molar-refractivity contribution >= 4 is 27.3 Å². The molecular weight excluding hydrogens is 404 g/mol. The van der Waals surface area contributed by atoms with Crippen molar-refractivity contribution in [3.8, 4) is 0 Å². The lowest BCUT2D eigenvalue weighted by atomic mass is 9.93. The SMILES string of the molecule is Cc1ccc(S(=O)(=O)N2CCC(C(=O)N3CCc4sccc4[C@@H]3C)CC2)cc1C. The number of benzene rings is 1. The fourth-order valence-electron chi connectivity index (χ4n) is 4.41. The Morgan fingerprint density at radius 2 is 1.79 bits per heavy atom. The van der Waals surface area contributed by atoms with Gasteiger partial charge in [-0.15, -0.1) is 11.3 Å². The van der Waals surface area contributed by atoms with Gasteiger partial charge in [0.2, 0.25) is 15.9 Å². The van der Waals surface area contributed by atoms with Crippen molar-refractivity contribution in [2.24, 2.45) is 5.92 Å². The Morgan fingerprint density at radius 3 is 2.48 bits per heavy atom. The molecule has 0 spiro atoms. The van der Waals surface area contributed by atoms with Crippen LogP contribution in [0.2, 0.25) is 0 Å². The molecule has 5 nitrogen and oxygen atoms in total. The van der Waals surface area contributed by atoms with Crippen LogP contribution in [0.25, 0.3) is 0 Å². The van der Waals surface area contributed by atoms with Crippen molar-refractivity contribution < 1.29 is 13.2 Å². The van der Waals surface area contributed by atoms with Crippen molar-refractivity contribution in [3.05, 3.63) is 51.2 Å².